The molecule has 0 spiro atoms. The number of benzene rings is 1. The normalized spacial score (nSPS) is 16.4. The molecule has 1 aromatic carbocycles. The van der Waals surface area contributed by atoms with Crippen molar-refractivity contribution in [2.24, 2.45) is 0 Å². The maximum Gasteiger partial charge on any atom is 0.422 e. The van der Waals surface area contributed by atoms with Gasteiger partial charge in [0.05, 0.1) is 0 Å². The van der Waals surface area contributed by atoms with Gasteiger partial charge in [-0.1, -0.05) is 42.0 Å². The molecule has 0 radical (unpaired) electrons. The monoisotopic (exact) mass is 288 g/mol. The predicted molar refractivity (Wildman–Crippen MR) is 84.6 cm³/mol. The second kappa shape index (κ2) is 6.76. The highest BCUT2D eigenvalue weighted by Gasteiger charge is 2.20. The standard InChI is InChI=1S/C17H24N2O2/c1-17(2,3)21-16(20)18-19-11-9-15(10-12-19)13-14-7-5-4-6-8-14/h4-8,13H,9-12H2,1-3H3,(H,18,20). The summed E-state index contributed by atoms with van der Waals surface area (Å²) in [6, 6.07) is 10.3. The van der Waals surface area contributed by atoms with Crippen molar-refractivity contribution in [2.45, 2.75) is 39.2 Å². The fourth-order valence-corrected chi connectivity index (χ4v) is 2.27. The summed E-state index contributed by atoms with van der Waals surface area (Å²) in [5, 5.41) is 1.93. The summed E-state index contributed by atoms with van der Waals surface area (Å²) in [7, 11) is 0. The molecule has 1 aliphatic heterocycles. The van der Waals surface area contributed by atoms with Crippen molar-refractivity contribution in [3.63, 3.8) is 0 Å². The fraction of sp³-hybridized carbons (Fsp3) is 0.471. The molecule has 2 rings (SSSR count). The van der Waals surface area contributed by atoms with Gasteiger partial charge in [0, 0.05) is 13.1 Å². The summed E-state index contributed by atoms with van der Waals surface area (Å²) >= 11 is 0. The van der Waals surface area contributed by atoms with E-state index in [1.54, 1.807) is 0 Å². The first-order valence-corrected chi connectivity index (χ1v) is 7.41. The van der Waals surface area contributed by atoms with E-state index in [0.717, 1.165) is 25.9 Å². The summed E-state index contributed by atoms with van der Waals surface area (Å²) in [6.07, 6.45) is 3.79. The van der Waals surface area contributed by atoms with E-state index in [1.807, 2.05) is 44.0 Å². The van der Waals surface area contributed by atoms with Crippen LogP contribution in [0.5, 0.6) is 0 Å². The lowest BCUT2D eigenvalue weighted by Crippen LogP contribution is -2.47. The van der Waals surface area contributed by atoms with Crippen LogP contribution in [0.3, 0.4) is 0 Å². The molecule has 0 aromatic heterocycles. The van der Waals surface area contributed by atoms with Gasteiger partial charge >= 0.3 is 6.09 Å². The SMILES string of the molecule is CC(C)(C)OC(=O)NN1CCC(=Cc2ccccc2)CC1. The zero-order valence-corrected chi connectivity index (χ0v) is 13.1. The smallest absolute Gasteiger partial charge is 0.422 e. The molecular formula is C17H24N2O2. The average Bonchev–Trinajstić information content (AvgIpc) is 2.40. The van der Waals surface area contributed by atoms with Gasteiger partial charge in [0.1, 0.15) is 5.60 Å². The number of amides is 1. The molecule has 0 saturated carbocycles. The Bertz CT molecular complexity index is 493. The van der Waals surface area contributed by atoms with Gasteiger partial charge in [-0.2, -0.15) is 0 Å². The Morgan fingerprint density at radius 3 is 2.38 bits per heavy atom. The van der Waals surface area contributed by atoms with Crippen LogP contribution in [0.15, 0.2) is 35.9 Å². The van der Waals surface area contributed by atoms with E-state index in [9.17, 15) is 4.79 Å². The molecule has 1 heterocycles. The van der Waals surface area contributed by atoms with E-state index in [2.05, 4.69) is 23.6 Å². The molecule has 21 heavy (non-hydrogen) atoms. The second-order valence-corrected chi connectivity index (χ2v) is 6.31. The van der Waals surface area contributed by atoms with Crippen molar-refractivity contribution >= 4 is 12.2 Å². The molecule has 4 heteroatoms. The van der Waals surface area contributed by atoms with Crippen LogP contribution in [0.4, 0.5) is 4.79 Å². The highest BCUT2D eigenvalue weighted by atomic mass is 16.6. The van der Waals surface area contributed by atoms with Crippen LogP contribution in [-0.2, 0) is 4.74 Å². The minimum atomic E-state index is -0.460. The predicted octanol–water partition coefficient (Wildman–Crippen LogP) is 3.61. The first kappa shape index (κ1) is 15.6. The number of hydrogen-bond donors (Lipinski definition) is 1. The van der Waals surface area contributed by atoms with Crippen molar-refractivity contribution in [1.29, 1.82) is 0 Å². The third-order valence-electron chi connectivity index (χ3n) is 3.22. The van der Waals surface area contributed by atoms with Crippen molar-refractivity contribution in [2.75, 3.05) is 13.1 Å². The van der Waals surface area contributed by atoms with E-state index >= 15 is 0 Å². The second-order valence-electron chi connectivity index (χ2n) is 6.31. The van der Waals surface area contributed by atoms with Crippen molar-refractivity contribution < 1.29 is 9.53 Å². The van der Waals surface area contributed by atoms with Gasteiger partial charge in [-0.05, 0) is 39.2 Å². The van der Waals surface area contributed by atoms with Gasteiger partial charge in [0.2, 0.25) is 0 Å². The molecule has 1 fully saturated rings. The first-order valence-electron chi connectivity index (χ1n) is 7.41. The lowest BCUT2D eigenvalue weighted by molar-refractivity contribution is 0.0317. The summed E-state index contributed by atoms with van der Waals surface area (Å²) < 4.78 is 5.26. The number of hydrazine groups is 1. The lowest BCUT2D eigenvalue weighted by Gasteiger charge is -2.29. The number of carbonyl (C=O) groups excluding carboxylic acids is 1. The molecule has 0 aliphatic carbocycles. The van der Waals surface area contributed by atoms with Crippen LogP contribution in [0, 0.1) is 0 Å². The van der Waals surface area contributed by atoms with E-state index in [4.69, 9.17) is 4.74 Å². The summed E-state index contributed by atoms with van der Waals surface area (Å²) in [5.41, 5.74) is 5.00. The molecule has 0 unspecified atom stereocenters. The molecule has 0 atom stereocenters. The van der Waals surface area contributed by atoms with Crippen LogP contribution >= 0.6 is 0 Å². The number of hydrogen-bond acceptors (Lipinski definition) is 3. The molecule has 1 aliphatic rings. The molecule has 114 valence electrons. The zero-order valence-electron chi connectivity index (χ0n) is 13.1. The Labute approximate surface area is 126 Å². The van der Waals surface area contributed by atoms with E-state index in [-0.39, 0.29) is 6.09 Å². The molecule has 1 N–H and O–H groups in total. The summed E-state index contributed by atoms with van der Waals surface area (Å²) in [4.78, 5) is 11.7. The van der Waals surface area contributed by atoms with E-state index < -0.39 is 5.60 Å². The Hall–Kier alpha value is -1.81. The largest absolute Gasteiger partial charge is 0.443 e. The number of piperidine rings is 1. The molecule has 1 aromatic rings. The van der Waals surface area contributed by atoms with Crippen LogP contribution in [0.1, 0.15) is 39.2 Å². The molecular weight excluding hydrogens is 264 g/mol. The molecule has 1 saturated heterocycles. The fourth-order valence-electron chi connectivity index (χ4n) is 2.27. The summed E-state index contributed by atoms with van der Waals surface area (Å²) in [6.45, 7) is 7.23. The Kier molecular flexibility index (Phi) is 5.02. The Morgan fingerprint density at radius 1 is 1.19 bits per heavy atom. The maximum atomic E-state index is 11.7. The Balaban J connectivity index is 1.81. The molecule has 4 nitrogen and oxygen atoms in total. The van der Waals surface area contributed by atoms with Crippen molar-refractivity contribution in [3.05, 3.63) is 41.5 Å². The van der Waals surface area contributed by atoms with Crippen LogP contribution in [-0.4, -0.2) is 29.8 Å². The minimum absolute atomic E-state index is 0.377. The lowest BCUT2D eigenvalue weighted by atomic mass is 10.0. The summed E-state index contributed by atoms with van der Waals surface area (Å²) in [5.74, 6) is 0. The van der Waals surface area contributed by atoms with Gasteiger partial charge in [0.15, 0.2) is 0 Å². The van der Waals surface area contributed by atoms with E-state index in [0.29, 0.717) is 0 Å². The minimum Gasteiger partial charge on any atom is -0.443 e. The quantitative estimate of drug-likeness (QED) is 0.904. The van der Waals surface area contributed by atoms with Crippen LogP contribution < -0.4 is 5.43 Å². The number of carbonyl (C=O) groups is 1. The van der Waals surface area contributed by atoms with E-state index in [1.165, 1.54) is 11.1 Å². The van der Waals surface area contributed by atoms with Crippen LogP contribution in [0.2, 0.25) is 0 Å². The third-order valence-corrected chi connectivity index (χ3v) is 3.22. The topological polar surface area (TPSA) is 41.6 Å². The van der Waals surface area contributed by atoms with Gasteiger partial charge in [-0.25, -0.2) is 9.80 Å². The van der Waals surface area contributed by atoms with Gasteiger partial charge < -0.3 is 4.74 Å². The highest BCUT2D eigenvalue weighted by molar-refractivity contribution is 5.67. The number of nitrogens with one attached hydrogen (secondary N) is 1. The van der Waals surface area contributed by atoms with Crippen LogP contribution in [0.25, 0.3) is 6.08 Å². The zero-order chi connectivity index (χ0) is 15.3. The molecule has 0 bridgehead atoms. The highest BCUT2D eigenvalue weighted by Crippen LogP contribution is 2.18. The van der Waals surface area contributed by atoms with Gasteiger partial charge in [-0.3, -0.25) is 5.43 Å². The average molecular weight is 288 g/mol. The number of ether oxygens (including phenoxy) is 1. The molecule has 1 amide bonds. The number of rotatable bonds is 2. The number of nitrogens with zero attached hydrogens (tertiary/aromatic N) is 1. The van der Waals surface area contributed by atoms with Gasteiger partial charge in [-0.15, -0.1) is 0 Å². The van der Waals surface area contributed by atoms with Crippen molar-refractivity contribution in [1.82, 2.24) is 10.4 Å². The first-order chi connectivity index (χ1) is 9.92. The Morgan fingerprint density at radius 2 is 1.81 bits per heavy atom. The van der Waals surface area contributed by atoms with Gasteiger partial charge in [0.25, 0.3) is 0 Å². The maximum absolute atomic E-state index is 11.7. The van der Waals surface area contributed by atoms with Crippen molar-refractivity contribution in [3.8, 4) is 0 Å². The third kappa shape index (κ3) is 5.60.